The molecule has 0 aliphatic carbocycles. The summed E-state index contributed by atoms with van der Waals surface area (Å²) in [5.41, 5.74) is 0. The normalized spacial score (nSPS) is 33.6. The second-order valence-corrected chi connectivity index (χ2v) is 4.97. The van der Waals surface area contributed by atoms with Gasteiger partial charge in [-0.3, -0.25) is 4.99 Å². The van der Waals surface area contributed by atoms with E-state index in [1.807, 2.05) is 11.8 Å². The molecule has 0 amide bonds. The van der Waals surface area contributed by atoms with Gasteiger partial charge in [0.1, 0.15) is 0 Å². The largest absolute Gasteiger partial charge is 0.389 e. The first-order valence-electron chi connectivity index (χ1n) is 5.08. The molecular formula is C9H17N3OS. The smallest absolute Gasteiger partial charge is 0.194 e. The molecule has 0 aromatic heterocycles. The van der Waals surface area contributed by atoms with Crippen LogP contribution in [0.5, 0.6) is 0 Å². The molecule has 2 rings (SSSR count). The lowest BCUT2D eigenvalue weighted by Gasteiger charge is -2.37. The van der Waals surface area contributed by atoms with E-state index in [-0.39, 0.29) is 6.10 Å². The number of nitrogens with zero attached hydrogens (tertiary/aromatic N) is 2. The minimum absolute atomic E-state index is 0.312. The maximum absolute atomic E-state index is 9.30. The molecule has 2 heterocycles. The minimum Gasteiger partial charge on any atom is -0.389 e. The molecule has 1 saturated heterocycles. The van der Waals surface area contributed by atoms with Gasteiger partial charge in [0.05, 0.1) is 12.6 Å². The summed E-state index contributed by atoms with van der Waals surface area (Å²) in [6.07, 6.45) is -0.312. The molecule has 2 aliphatic heterocycles. The Morgan fingerprint density at radius 3 is 3.14 bits per heavy atom. The molecule has 0 radical (unpaired) electrons. The second kappa shape index (κ2) is 4.40. The number of nitrogens with one attached hydrogen (secondary N) is 1. The van der Waals surface area contributed by atoms with E-state index in [0.717, 1.165) is 12.5 Å². The Morgan fingerprint density at radius 2 is 2.50 bits per heavy atom. The van der Waals surface area contributed by atoms with Crippen LogP contribution in [-0.4, -0.2) is 59.3 Å². The van der Waals surface area contributed by atoms with Crippen molar-refractivity contribution in [1.82, 2.24) is 10.2 Å². The van der Waals surface area contributed by atoms with Gasteiger partial charge in [-0.15, -0.1) is 0 Å². The van der Waals surface area contributed by atoms with Crippen LogP contribution in [0, 0.1) is 0 Å². The van der Waals surface area contributed by atoms with Crippen LogP contribution in [-0.2, 0) is 0 Å². The molecule has 0 spiro atoms. The molecule has 1 fully saturated rings. The molecule has 0 saturated carbocycles. The van der Waals surface area contributed by atoms with Crippen LogP contribution in [0.15, 0.2) is 4.99 Å². The van der Waals surface area contributed by atoms with Gasteiger partial charge >= 0.3 is 0 Å². The number of aliphatic imine (C=N–C) groups is 1. The van der Waals surface area contributed by atoms with E-state index < -0.39 is 0 Å². The highest BCUT2D eigenvalue weighted by Gasteiger charge is 2.24. The molecule has 2 unspecified atom stereocenters. The Hall–Kier alpha value is -0.420. The summed E-state index contributed by atoms with van der Waals surface area (Å²) < 4.78 is 0. The quantitative estimate of drug-likeness (QED) is 0.585. The first-order chi connectivity index (χ1) is 6.77. The van der Waals surface area contributed by atoms with Crippen LogP contribution in [0.4, 0.5) is 0 Å². The highest BCUT2D eigenvalue weighted by molar-refractivity contribution is 7.99. The third kappa shape index (κ3) is 2.15. The summed E-state index contributed by atoms with van der Waals surface area (Å²) in [6, 6.07) is 0.551. The summed E-state index contributed by atoms with van der Waals surface area (Å²) in [5.74, 6) is 3.32. The average molecular weight is 215 g/mol. The van der Waals surface area contributed by atoms with Gasteiger partial charge < -0.3 is 15.3 Å². The number of hydrogen-bond acceptors (Lipinski definition) is 5. The Labute approximate surface area is 88.8 Å². The number of thioether (sulfide) groups is 1. The standard InChI is InChI=1S/C9H17N3OS/c1-7-6-14-3-2-12(7)9-10-4-8(13)5-11-9/h7-8,13H,2-6H2,1H3,(H,10,11). The average Bonchev–Trinajstić information content (AvgIpc) is 2.20. The van der Waals surface area contributed by atoms with Crippen molar-refractivity contribution in [3.63, 3.8) is 0 Å². The van der Waals surface area contributed by atoms with E-state index in [1.54, 1.807) is 0 Å². The lowest BCUT2D eigenvalue weighted by atomic mass is 10.3. The highest BCUT2D eigenvalue weighted by Crippen LogP contribution is 2.16. The first kappa shape index (κ1) is 10.1. The van der Waals surface area contributed by atoms with Gasteiger partial charge in [-0.05, 0) is 6.92 Å². The Bertz CT molecular complexity index is 234. The fraction of sp³-hybridized carbons (Fsp3) is 0.889. The van der Waals surface area contributed by atoms with Crippen molar-refractivity contribution in [2.75, 3.05) is 31.1 Å². The van der Waals surface area contributed by atoms with E-state index >= 15 is 0 Å². The fourth-order valence-electron chi connectivity index (χ4n) is 1.76. The third-order valence-corrected chi connectivity index (χ3v) is 3.78. The number of hydrogen-bond donors (Lipinski definition) is 2. The number of aliphatic hydroxyl groups excluding tert-OH is 1. The monoisotopic (exact) mass is 215 g/mol. The summed E-state index contributed by atoms with van der Waals surface area (Å²) in [7, 11) is 0. The Balaban J connectivity index is 1.99. The molecule has 5 heteroatoms. The van der Waals surface area contributed by atoms with E-state index in [1.165, 1.54) is 11.5 Å². The van der Waals surface area contributed by atoms with Gasteiger partial charge in [-0.1, -0.05) is 0 Å². The minimum atomic E-state index is -0.312. The molecule has 2 N–H and O–H groups in total. The molecule has 80 valence electrons. The lowest BCUT2D eigenvalue weighted by Crippen LogP contribution is -2.54. The van der Waals surface area contributed by atoms with Crippen molar-refractivity contribution < 1.29 is 5.11 Å². The third-order valence-electron chi connectivity index (χ3n) is 2.59. The van der Waals surface area contributed by atoms with E-state index in [2.05, 4.69) is 22.1 Å². The molecular weight excluding hydrogens is 198 g/mol. The van der Waals surface area contributed by atoms with E-state index in [4.69, 9.17) is 0 Å². The molecule has 14 heavy (non-hydrogen) atoms. The zero-order valence-electron chi connectivity index (χ0n) is 8.44. The SMILES string of the molecule is CC1CSCCN1C1=NCC(O)CN1. The van der Waals surface area contributed by atoms with Crippen LogP contribution >= 0.6 is 11.8 Å². The molecule has 0 aromatic carbocycles. The molecule has 2 atom stereocenters. The van der Waals surface area contributed by atoms with Gasteiger partial charge in [0.15, 0.2) is 5.96 Å². The summed E-state index contributed by atoms with van der Waals surface area (Å²) in [6.45, 7) is 4.46. The van der Waals surface area contributed by atoms with Crippen LogP contribution in [0.3, 0.4) is 0 Å². The summed E-state index contributed by atoms with van der Waals surface area (Å²) in [5, 5.41) is 12.5. The van der Waals surface area contributed by atoms with Gasteiger partial charge in [-0.25, -0.2) is 0 Å². The lowest BCUT2D eigenvalue weighted by molar-refractivity contribution is 0.176. The van der Waals surface area contributed by atoms with Gasteiger partial charge in [0, 0.05) is 30.6 Å². The summed E-state index contributed by atoms with van der Waals surface area (Å²) in [4.78, 5) is 6.66. The van der Waals surface area contributed by atoms with Crippen molar-refractivity contribution in [3.05, 3.63) is 0 Å². The van der Waals surface area contributed by atoms with E-state index in [0.29, 0.717) is 19.1 Å². The number of rotatable bonds is 0. The van der Waals surface area contributed by atoms with Crippen molar-refractivity contribution in [2.45, 2.75) is 19.1 Å². The predicted molar refractivity (Wildman–Crippen MR) is 59.8 cm³/mol. The summed E-state index contributed by atoms with van der Waals surface area (Å²) >= 11 is 2.00. The maximum atomic E-state index is 9.30. The van der Waals surface area contributed by atoms with Gasteiger partial charge in [-0.2, -0.15) is 11.8 Å². The second-order valence-electron chi connectivity index (χ2n) is 3.82. The van der Waals surface area contributed by atoms with Crippen LogP contribution < -0.4 is 5.32 Å². The van der Waals surface area contributed by atoms with Crippen LogP contribution in [0.2, 0.25) is 0 Å². The zero-order valence-corrected chi connectivity index (χ0v) is 9.26. The predicted octanol–water partition coefficient (Wildman–Crippen LogP) is -0.256. The van der Waals surface area contributed by atoms with Crippen molar-refractivity contribution in [3.8, 4) is 0 Å². The number of guanidine groups is 1. The number of β-amino-alcohol motifs (C(OH)–C–C–N with tert-alkyl or cyclic N) is 1. The van der Waals surface area contributed by atoms with Crippen LogP contribution in [0.25, 0.3) is 0 Å². The Kier molecular flexibility index (Phi) is 3.18. The van der Waals surface area contributed by atoms with Crippen molar-refractivity contribution in [1.29, 1.82) is 0 Å². The molecule has 4 nitrogen and oxygen atoms in total. The topological polar surface area (TPSA) is 47.9 Å². The van der Waals surface area contributed by atoms with Crippen molar-refractivity contribution in [2.24, 2.45) is 4.99 Å². The van der Waals surface area contributed by atoms with Gasteiger partial charge in [0.25, 0.3) is 0 Å². The molecule has 0 bridgehead atoms. The Morgan fingerprint density at radius 1 is 1.64 bits per heavy atom. The first-order valence-corrected chi connectivity index (χ1v) is 6.23. The van der Waals surface area contributed by atoms with Crippen molar-refractivity contribution >= 4 is 17.7 Å². The number of aliphatic hydroxyl groups is 1. The van der Waals surface area contributed by atoms with Gasteiger partial charge in [0.2, 0.25) is 0 Å². The van der Waals surface area contributed by atoms with Crippen LogP contribution in [0.1, 0.15) is 6.92 Å². The maximum Gasteiger partial charge on any atom is 0.194 e. The molecule has 2 aliphatic rings. The molecule has 0 aromatic rings. The zero-order chi connectivity index (χ0) is 9.97. The highest BCUT2D eigenvalue weighted by atomic mass is 32.2. The van der Waals surface area contributed by atoms with E-state index in [9.17, 15) is 5.11 Å². The fourth-order valence-corrected chi connectivity index (χ4v) is 2.77.